The number of amides is 1. The summed E-state index contributed by atoms with van der Waals surface area (Å²) in [5.41, 5.74) is 1.05. The van der Waals surface area contributed by atoms with Crippen LogP contribution in [-0.2, 0) is 11.2 Å². The predicted molar refractivity (Wildman–Crippen MR) is 79.1 cm³/mol. The van der Waals surface area contributed by atoms with Crippen molar-refractivity contribution in [3.8, 4) is 0 Å². The number of aliphatic hydroxyl groups excluding tert-OH is 1. The number of H-pyrrole nitrogens is 1. The molecule has 0 radical (unpaired) electrons. The first-order chi connectivity index (χ1) is 9.97. The van der Waals surface area contributed by atoms with Crippen LogP contribution in [0.3, 0.4) is 0 Å². The van der Waals surface area contributed by atoms with Gasteiger partial charge in [0, 0.05) is 17.7 Å². The maximum absolute atomic E-state index is 12.0. The molecule has 0 saturated heterocycles. The lowest BCUT2D eigenvalue weighted by Crippen LogP contribution is -2.45. The molecule has 1 amide bonds. The Morgan fingerprint density at radius 3 is 2.76 bits per heavy atom. The third-order valence-corrected chi connectivity index (χ3v) is 4.02. The van der Waals surface area contributed by atoms with Crippen LogP contribution in [0.4, 0.5) is 0 Å². The van der Waals surface area contributed by atoms with Gasteiger partial charge in [-0.1, -0.05) is 12.8 Å². The molecule has 3 N–H and O–H groups in total. The Bertz CT molecular complexity index is 568. The second kappa shape index (κ2) is 6.85. The van der Waals surface area contributed by atoms with Crippen molar-refractivity contribution in [1.82, 2.24) is 15.3 Å². The summed E-state index contributed by atoms with van der Waals surface area (Å²) >= 11 is 0. The number of aromatic amines is 1. The van der Waals surface area contributed by atoms with Crippen LogP contribution in [0.2, 0.25) is 0 Å². The van der Waals surface area contributed by atoms with E-state index in [0.29, 0.717) is 23.5 Å². The lowest BCUT2D eigenvalue weighted by Gasteiger charge is -2.28. The van der Waals surface area contributed by atoms with Crippen molar-refractivity contribution in [2.75, 3.05) is 0 Å². The van der Waals surface area contributed by atoms with Crippen LogP contribution in [0, 0.1) is 13.8 Å². The minimum Gasteiger partial charge on any atom is -0.391 e. The van der Waals surface area contributed by atoms with E-state index in [2.05, 4.69) is 15.3 Å². The molecule has 21 heavy (non-hydrogen) atoms. The number of nitrogens with one attached hydrogen (secondary N) is 2. The Morgan fingerprint density at radius 2 is 2.10 bits per heavy atom. The number of hydrogen-bond donors (Lipinski definition) is 3. The second-order valence-corrected chi connectivity index (χ2v) is 5.74. The van der Waals surface area contributed by atoms with Crippen molar-refractivity contribution in [2.45, 2.75) is 64.5 Å². The van der Waals surface area contributed by atoms with Crippen molar-refractivity contribution in [3.63, 3.8) is 0 Å². The number of carbonyl (C=O) groups is 1. The monoisotopic (exact) mass is 293 g/mol. The zero-order valence-corrected chi connectivity index (χ0v) is 12.6. The number of aromatic nitrogens is 2. The van der Waals surface area contributed by atoms with Gasteiger partial charge in [0.25, 0.3) is 5.56 Å². The van der Waals surface area contributed by atoms with Gasteiger partial charge in [-0.3, -0.25) is 9.59 Å². The van der Waals surface area contributed by atoms with E-state index in [1.54, 1.807) is 13.8 Å². The van der Waals surface area contributed by atoms with Crippen molar-refractivity contribution in [3.05, 3.63) is 27.4 Å². The van der Waals surface area contributed by atoms with Gasteiger partial charge in [-0.2, -0.15) is 0 Å². The Hall–Kier alpha value is -1.69. The Balaban J connectivity index is 1.91. The lowest BCUT2D eigenvalue weighted by molar-refractivity contribution is -0.123. The van der Waals surface area contributed by atoms with Crippen LogP contribution in [0.1, 0.15) is 49.2 Å². The zero-order chi connectivity index (χ0) is 15.4. The van der Waals surface area contributed by atoms with Gasteiger partial charge in [0.2, 0.25) is 5.91 Å². The molecule has 2 atom stereocenters. The summed E-state index contributed by atoms with van der Waals surface area (Å²) in [7, 11) is 0. The van der Waals surface area contributed by atoms with Crippen LogP contribution < -0.4 is 10.9 Å². The summed E-state index contributed by atoms with van der Waals surface area (Å²) in [5, 5.41) is 12.7. The van der Waals surface area contributed by atoms with Crippen molar-refractivity contribution in [1.29, 1.82) is 0 Å². The highest BCUT2D eigenvalue weighted by Crippen LogP contribution is 2.18. The van der Waals surface area contributed by atoms with E-state index >= 15 is 0 Å². The smallest absolute Gasteiger partial charge is 0.254 e. The number of rotatable bonds is 4. The van der Waals surface area contributed by atoms with E-state index in [1.165, 1.54) is 0 Å². The number of nitrogens with zero attached hydrogens (tertiary/aromatic N) is 1. The average molecular weight is 293 g/mol. The topological polar surface area (TPSA) is 95.1 Å². The molecule has 1 heterocycles. The van der Waals surface area contributed by atoms with Crippen LogP contribution in [0.5, 0.6) is 0 Å². The van der Waals surface area contributed by atoms with Crippen LogP contribution in [0.25, 0.3) is 0 Å². The van der Waals surface area contributed by atoms with Crippen molar-refractivity contribution < 1.29 is 9.90 Å². The summed E-state index contributed by atoms with van der Waals surface area (Å²) in [4.78, 5) is 30.7. The first kappa shape index (κ1) is 15.7. The molecule has 1 aromatic heterocycles. The van der Waals surface area contributed by atoms with E-state index in [9.17, 15) is 14.7 Å². The molecule has 1 aliphatic carbocycles. The summed E-state index contributed by atoms with van der Waals surface area (Å²) < 4.78 is 0. The first-order valence-corrected chi connectivity index (χ1v) is 7.51. The fourth-order valence-corrected chi connectivity index (χ4v) is 2.84. The molecule has 0 spiro atoms. The molecule has 6 nitrogen and oxygen atoms in total. The summed E-state index contributed by atoms with van der Waals surface area (Å²) in [6.07, 6.45) is 3.75. The zero-order valence-electron chi connectivity index (χ0n) is 12.6. The molecule has 1 fully saturated rings. The fourth-order valence-electron chi connectivity index (χ4n) is 2.84. The van der Waals surface area contributed by atoms with E-state index in [1.807, 2.05) is 0 Å². The highest BCUT2D eigenvalue weighted by Gasteiger charge is 2.24. The standard InChI is InChI=1S/C15H23N3O3/c1-9-11(15(21)17-10(2)16-9)7-8-14(20)18-12-5-3-4-6-13(12)19/h12-13,19H,3-8H2,1-2H3,(H,18,20)(H,16,17,21)/t12-,13-/m0/s1. The minimum absolute atomic E-state index is 0.125. The van der Waals surface area contributed by atoms with Gasteiger partial charge in [0.15, 0.2) is 0 Å². The number of hydrogen-bond acceptors (Lipinski definition) is 4. The van der Waals surface area contributed by atoms with Crippen LogP contribution in [-0.4, -0.2) is 33.1 Å². The van der Waals surface area contributed by atoms with E-state index in [0.717, 1.165) is 25.7 Å². The SMILES string of the molecule is Cc1nc(C)c(CCC(=O)N[C@H]2CCCC[C@@H]2O)c(=O)[nH]1. The van der Waals surface area contributed by atoms with Gasteiger partial charge < -0.3 is 15.4 Å². The molecule has 0 bridgehead atoms. The van der Waals surface area contributed by atoms with Crippen LogP contribution in [0.15, 0.2) is 4.79 Å². The maximum Gasteiger partial charge on any atom is 0.254 e. The third kappa shape index (κ3) is 4.14. The van der Waals surface area contributed by atoms with E-state index in [-0.39, 0.29) is 23.9 Å². The molecule has 116 valence electrons. The van der Waals surface area contributed by atoms with Crippen molar-refractivity contribution in [2.24, 2.45) is 0 Å². The van der Waals surface area contributed by atoms with Gasteiger partial charge in [-0.25, -0.2) is 4.98 Å². The third-order valence-electron chi connectivity index (χ3n) is 4.02. The molecular formula is C15H23N3O3. The molecule has 0 aromatic carbocycles. The van der Waals surface area contributed by atoms with Gasteiger partial charge in [0.1, 0.15) is 5.82 Å². The van der Waals surface area contributed by atoms with Crippen LogP contribution >= 0.6 is 0 Å². The molecule has 0 aliphatic heterocycles. The Morgan fingerprint density at radius 1 is 1.38 bits per heavy atom. The Labute approximate surface area is 124 Å². The first-order valence-electron chi connectivity index (χ1n) is 7.51. The van der Waals surface area contributed by atoms with Crippen molar-refractivity contribution >= 4 is 5.91 Å². The van der Waals surface area contributed by atoms with E-state index < -0.39 is 6.10 Å². The lowest BCUT2D eigenvalue weighted by atomic mass is 9.92. The molecule has 2 rings (SSSR count). The normalized spacial score (nSPS) is 22.0. The van der Waals surface area contributed by atoms with Gasteiger partial charge in [0.05, 0.1) is 12.1 Å². The number of carbonyl (C=O) groups excluding carboxylic acids is 1. The second-order valence-electron chi connectivity index (χ2n) is 5.74. The molecular weight excluding hydrogens is 270 g/mol. The minimum atomic E-state index is -0.450. The fraction of sp³-hybridized carbons (Fsp3) is 0.667. The molecule has 1 aliphatic rings. The predicted octanol–water partition coefficient (Wildman–Crippen LogP) is 0.739. The van der Waals surface area contributed by atoms with Gasteiger partial charge >= 0.3 is 0 Å². The Kier molecular flexibility index (Phi) is 5.12. The largest absolute Gasteiger partial charge is 0.391 e. The summed E-state index contributed by atoms with van der Waals surface area (Å²) in [6, 6.07) is -0.151. The number of aryl methyl sites for hydroxylation is 2. The number of aliphatic hydroxyl groups is 1. The quantitative estimate of drug-likeness (QED) is 0.763. The van der Waals surface area contributed by atoms with Gasteiger partial charge in [-0.05, 0) is 33.1 Å². The summed E-state index contributed by atoms with van der Waals surface area (Å²) in [5.74, 6) is 0.455. The highest BCUT2D eigenvalue weighted by atomic mass is 16.3. The maximum atomic E-state index is 12.0. The molecule has 6 heteroatoms. The molecule has 1 aromatic rings. The van der Waals surface area contributed by atoms with E-state index in [4.69, 9.17) is 0 Å². The average Bonchev–Trinajstić information content (AvgIpc) is 2.40. The molecule has 1 saturated carbocycles. The summed E-state index contributed by atoms with van der Waals surface area (Å²) in [6.45, 7) is 3.51. The highest BCUT2D eigenvalue weighted by molar-refractivity contribution is 5.76. The molecule has 0 unspecified atom stereocenters. The van der Waals surface area contributed by atoms with Gasteiger partial charge in [-0.15, -0.1) is 0 Å².